The minimum absolute atomic E-state index is 0.263. The summed E-state index contributed by atoms with van der Waals surface area (Å²) in [7, 11) is 1.72. The third kappa shape index (κ3) is 3.37. The fraction of sp³-hybridized carbons (Fsp3) is 0.125. The van der Waals surface area contributed by atoms with Crippen LogP contribution in [0.1, 0.15) is 0 Å². The van der Waals surface area contributed by atoms with Gasteiger partial charge in [-0.3, -0.25) is 14.3 Å². The Morgan fingerprint density at radius 2 is 2.04 bits per heavy atom. The number of carbonyl (C=O) groups excluding carboxylic acids is 1. The summed E-state index contributed by atoms with van der Waals surface area (Å²) in [6.45, 7) is -0.282. The number of nitrogens with one attached hydrogen (secondary N) is 1. The quantitative estimate of drug-likeness (QED) is 0.786. The Hall–Kier alpha value is -3.29. The third-order valence-electron chi connectivity index (χ3n) is 3.30. The molecule has 0 radical (unpaired) electrons. The summed E-state index contributed by atoms with van der Waals surface area (Å²) in [6.07, 6.45) is 3.12. The first-order valence-corrected chi connectivity index (χ1v) is 7.14. The SMILES string of the molecule is Cn1cc(NC(=O)Cn2nc(-c3ccccc3F)ccc2=O)cn1. The molecule has 0 aliphatic rings. The van der Waals surface area contributed by atoms with Crippen molar-refractivity contribution in [3.05, 3.63) is 65.0 Å². The van der Waals surface area contributed by atoms with E-state index < -0.39 is 17.3 Å². The molecule has 24 heavy (non-hydrogen) atoms. The standard InChI is InChI=1S/C16H14FN5O2/c1-21-9-11(8-18-21)19-15(23)10-22-16(24)7-6-14(20-22)12-4-2-3-5-13(12)17/h2-9H,10H2,1H3,(H,19,23). The van der Waals surface area contributed by atoms with Crippen LogP contribution in [0.3, 0.4) is 0 Å². The Labute approximate surface area is 136 Å². The summed E-state index contributed by atoms with van der Waals surface area (Å²) < 4.78 is 16.4. The van der Waals surface area contributed by atoms with Gasteiger partial charge in [-0.1, -0.05) is 12.1 Å². The van der Waals surface area contributed by atoms with Gasteiger partial charge in [-0.2, -0.15) is 10.2 Å². The first kappa shape index (κ1) is 15.6. The third-order valence-corrected chi connectivity index (χ3v) is 3.30. The molecule has 2 heterocycles. The van der Waals surface area contributed by atoms with Crippen molar-refractivity contribution in [1.29, 1.82) is 0 Å². The molecule has 8 heteroatoms. The van der Waals surface area contributed by atoms with Crippen LogP contribution in [0.4, 0.5) is 10.1 Å². The highest BCUT2D eigenvalue weighted by molar-refractivity contribution is 5.90. The summed E-state index contributed by atoms with van der Waals surface area (Å²) in [5.41, 5.74) is 0.609. The van der Waals surface area contributed by atoms with Crippen LogP contribution in [0.25, 0.3) is 11.3 Å². The molecule has 0 saturated carbocycles. The van der Waals surface area contributed by atoms with Crippen LogP contribution < -0.4 is 10.9 Å². The fourth-order valence-corrected chi connectivity index (χ4v) is 2.20. The highest BCUT2D eigenvalue weighted by Crippen LogP contribution is 2.18. The predicted molar refractivity (Wildman–Crippen MR) is 85.7 cm³/mol. The maximum atomic E-state index is 13.8. The second-order valence-corrected chi connectivity index (χ2v) is 5.15. The molecule has 3 aromatic rings. The summed E-state index contributed by atoms with van der Waals surface area (Å²) in [6, 6.07) is 8.78. The molecule has 0 unspecified atom stereocenters. The molecule has 2 aromatic heterocycles. The first-order valence-electron chi connectivity index (χ1n) is 7.14. The lowest BCUT2D eigenvalue weighted by atomic mass is 10.1. The van der Waals surface area contributed by atoms with E-state index in [0.29, 0.717) is 5.69 Å². The zero-order chi connectivity index (χ0) is 17.1. The molecule has 122 valence electrons. The van der Waals surface area contributed by atoms with Crippen molar-refractivity contribution in [3.8, 4) is 11.3 Å². The molecule has 7 nitrogen and oxygen atoms in total. The summed E-state index contributed by atoms with van der Waals surface area (Å²) in [5, 5.41) is 10.6. The smallest absolute Gasteiger partial charge is 0.267 e. The number of aromatic nitrogens is 4. The second-order valence-electron chi connectivity index (χ2n) is 5.15. The number of hydrogen-bond donors (Lipinski definition) is 1. The van der Waals surface area contributed by atoms with Crippen molar-refractivity contribution in [1.82, 2.24) is 19.6 Å². The number of nitrogens with zero attached hydrogens (tertiary/aromatic N) is 4. The minimum atomic E-state index is -0.449. The molecular weight excluding hydrogens is 313 g/mol. The number of benzene rings is 1. The number of carbonyl (C=O) groups is 1. The van der Waals surface area contributed by atoms with Crippen molar-refractivity contribution >= 4 is 11.6 Å². The van der Waals surface area contributed by atoms with Crippen LogP contribution in [-0.2, 0) is 18.4 Å². The van der Waals surface area contributed by atoms with Crippen molar-refractivity contribution < 1.29 is 9.18 Å². The molecular formula is C16H14FN5O2. The molecule has 3 rings (SSSR count). The highest BCUT2D eigenvalue weighted by Gasteiger charge is 2.11. The summed E-state index contributed by atoms with van der Waals surface area (Å²) in [5.74, 6) is -0.877. The minimum Gasteiger partial charge on any atom is -0.322 e. The molecule has 0 bridgehead atoms. The largest absolute Gasteiger partial charge is 0.322 e. The van der Waals surface area contributed by atoms with Crippen molar-refractivity contribution in [2.24, 2.45) is 7.05 Å². The Kier molecular flexibility index (Phi) is 4.19. The number of halogens is 1. The molecule has 1 aromatic carbocycles. The van der Waals surface area contributed by atoms with Crippen LogP contribution in [0.15, 0.2) is 53.6 Å². The van der Waals surface area contributed by atoms with E-state index in [0.717, 1.165) is 4.68 Å². The Balaban J connectivity index is 1.83. The number of rotatable bonds is 4. The van der Waals surface area contributed by atoms with Crippen LogP contribution in [0.2, 0.25) is 0 Å². The molecule has 0 aliphatic carbocycles. The number of aryl methyl sites for hydroxylation is 1. The molecule has 0 spiro atoms. The van der Waals surface area contributed by atoms with Gasteiger partial charge in [0.05, 0.1) is 17.6 Å². The Bertz CT molecular complexity index is 947. The van der Waals surface area contributed by atoms with E-state index in [1.807, 2.05) is 0 Å². The molecule has 1 N–H and O–H groups in total. The first-order chi connectivity index (χ1) is 11.5. The van der Waals surface area contributed by atoms with Crippen LogP contribution in [0.5, 0.6) is 0 Å². The lowest BCUT2D eigenvalue weighted by Gasteiger charge is -2.08. The van der Waals surface area contributed by atoms with Crippen LogP contribution in [-0.4, -0.2) is 25.5 Å². The molecule has 1 amide bonds. The van der Waals surface area contributed by atoms with Gasteiger partial charge < -0.3 is 5.32 Å². The average Bonchev–Trinajstić information content (AvgIpc) is 2.95. The zero-order valence-corrected chi connectivity index (χ0v) is 12.8. The van der Waals surface area contributed by atoms with Crippen LogP contribution >= 0.6 is 0 Å². The highest BCUT2D eigenvalue weighted by atomic mass is 19.1. The van der Waals surface area contributed by atoms with Gasteiger partial charge in [0.2, 0.25) is 5.91 Å². The molecule has 0 fully saturated rings. The van der Waals surface area contributed by atoms with Crippen molar-refractivity contribution in [3.63, 3.8) is 0 Å². The van der Waals surface area contributed by atoms with E-state index in [-0.39, 0.29) is 17.8 Å². The fourth-order valence-electron chi connectivity index (χ4n) is 2.20. The van der Waals surface area contributed by atoms with Gasteiger partial charge in [0.15, 0.2) is 0 Å². The lowest BCUT2D eigenvalue weighted by molar-refractivity contribution is -0.117. The van der Waals surface area contributed by atoms with Gasteiger partial charge in [-0.15, -0.1) is 0 Å². The molecule has 0 saturated heterocycles. The maximum Gasteiger partial charge on any atom is 0.267 e. The van der Waals surface area contributed by atoms with E-state index >= 15 is 0 Å². The monoisotopic (exact) mass is 327 g/mol. The predicted octanol–water partition coefficient (Wildman–Crippen LogP) is 1.42. The molecule has 0 atom stereocenters. The van der Waals surface area contributed by atoms with Crippen LogP contribution in [0, 0.1) is 5.82 Å². The van der Waals surface area contributed by atoms with Gasteiger partial charge in [0.25, 0.3) is 5.56 Å². The van der Waals surface area contributed by atoms with Gasteiger partial charge in [-0.05, 0) is 18.2 Å². The van der Waals surface area contributed by atoms with Crippen molar-refractivity contribution in [2.75, 3.05) is 5.32 Å². The van der Waals surface area contributed by atoms with E-state index in [1.165, 1.54) is 24.4 Å². The Morgan fingerprint density at radius 3 is 2.75 bits per heavy atom. The normalized spacial score (nSPS) is 10.6. The van der Waals surface area contributed by atoms with Gasteiger partial charge in [0, 0.05) is 24.9 Å². The van der Waals surface area contributed by atoms with Gasteiger partial charge >= 0.3 is 0 Å². The number of anilines is 1. The zero-order valence-electron chi connectivity index (χ0n) is 12.8. The van der Waals surface area contributed by atoms with Gasteiger partial charge in [-0.25, -0.2) is 9.07 Å². The lowest BCUT2D eigenvalue weighted by Crippen LogP contribution is -2.29. The van der Waals surface area contributed by atoms with E-state index in [1.54, 1.807) is 36.1 Å². The average molecular weight is 327 g/mol. The van der Waals surface area contributed by atoms with Crippen molar-refractivity contribution in [2.45, 2.75) is 6.54 Å². The topological polar surface area (TPSA) is 81.8 Å². The molecule has 0 aliphatic heterocycles. The Morgan fingerprint density at radius 1 is 1.25 bits per heavy atom. The van der Waals surface area contributed by atoms with Gasteiger partial charge in [0.1, 0.15) is 12.4 Å². The maximum absolute atomic E-state index is 13.8. The van der Waals surface area contributed by atoms with E-state index in [9.17, 15) is 14.0 Å². The summed E-state index contributed by atoms with van der Waals surface area (Å²) in [4.78, 5) is 23.9. The number of amides is 1. The summed E-state index contributed by atoms with van der Waals surface area (Å²) >= 11 is 0. The second kappa shape index (κ2) is 6.45. The van der Waals surface area contributed by atoms with E-state index in [4.69, 9.17) is 0 Å². The number of hydrogen-bond acceptors (Lipinski definition) is 4. The van der Waals surface area contributed by atoms with E-state index in [2.05, 4.69) is 15.5 Å².